The summed E-state index contributed by atoms with van der Waals surface area (Å²) in [5, 5.41) is 19.1. The molecule has 2 heterocycles. The number of hydrogen-bond donors (Lipinski definition) is 2. The lowest BCUT2D eigenvalue weighted by atomic mass is 9.81. The Labute approximate surface area is 134 Å². The van der Waals surface area contributed by atoms with E-state index < -0.39 is 36.6 Å². The van der Waals surface area contributed by atoms with Crippen molar-refractivity contribution in [2.75, 3.05) is 5.32 Å². The van der Waals surface area contributed by atoms with Crippen molar-refractivity contribution in [2.45, 2.75) is 18.8 Å². The number of carbonyl (C=O) groups is 2. The van der Waals surface area contributed by atoms with Gasteiger partial charge < -0.3 is 10.4 Å². The first-order valence-electron chi connectivity index (χ1n) is 7.05. The van der Waals surface area contributed by atoms with E-state index in [0.29, 0.717) is 5.69 Å². The van der Waals surface area contributed by atoms with Gasteiger partial charge in [0.05, 0.1) is 17.6 Å². The maximum absolute atomic E-state index is 12.8. The van der Waals surface area contributed by atoms with Crippen LogP contribution in [0.15, 0.2) is 18.3 Å². The van der Waals surface area contributed by atoms with E-state index in [-0.39, 0.29) is 17.1 Å². The van der Waals surface area contributed by atoms with E-state index in [2.05, 4.69) is 20.6 Å². The summed E-state index contributed by atoms with van der Waals surface area (Å²) >= 11 is 0. The van der Waals surface area contributed by atoms with Crippen molar-refractivity contribution in [2.24, 2.45) is 13.0 Å². The van der Waals surface area contributed by atoms with E-state index in [1.54, 1.807) is 0 Å². The zero-order valence-electron chi connectivity index (χ0n) is 12.5. The summed E-state index contributed by atoms with van der Waals surface area (Å²) in [7, 11) is 1.45. The molecule has 126 valence electrons. The van der Waals surface area contributed by atoms with E-state index in [0.717, 1.165) is 4.68 Å². The van der Waals surface area contributed by atoms with E-state index in [1.807, 2.05) is 0 Å². The molecule has 0 bridgehead atoms. The SMILES string of the molecule is Cn1nnc(-c2ccc(NC(=O)C3CC(F)(F)C3)cn2)c1C(=O)O. The Morgan fingerprint density at radius 1 is 1.38 bits per heavy atom. The Balaban J connectivity index is 1.72. The Morgan fingerprint density at radius 2 is 2.08 bits per heavy atom. The third-order valence-electron chi connectivity index (χ3n) is 3.76. The fourth-order valence-electron chi connectivity index (χ4n) is 2.47. The van der Waals surface area contributed by atoms with Gasteiger partial charge in [-0.1, -0.05) is 5.21 Å². The molecule has 2 N–H and O–H groups in total. The van der Waals surface area contributed by atoms with E-state index in [9.17, 15) is 18.4 Å². The summed E-state index contributed by atoms with van der Waals surface area (Å²) in [5.74, 6) is -5.15. The highest BCUT2D eigenvalue weighted by molar-refractivity contribution is 5.94. The number of aromatic nitrogens is 4. The zero-order valence-corrected chi connectivity index (χ0v) is 12.5. The molecule has 2 aromatic rings. The standard InChI is InChI=1S/C14H13F2N5O3/c1-21-11(13(23)24)10(19-20-21)9-3-2-8(6-17-9)18-12(22)7-4-14(15,16)5-7/h2-3,6-7H,4-5H2,1H3,(H,18,22)(H,23,24). The minimum absolute atomic E-state index is 0.0986. The summed E-state index contributed by atoms with van der Waals surface area (Å²) in [6, 6.07) is 2.97. The van der Waals surface area contributed by atoms with Crippen molar-refractivity contribution in [3.8, 4) is 11.4 Å². The average molecular weight is 337 g/mol. The number of nitrogens with one attached hydrogen (secondary N) is 1. The fourth-order valence-corrected chi connectivity index (χ4v) is 2.47. The van der Waals surface area contributed by atoms with Crippen LogP contribution in [-0.2, 0) is 11.8 Å². The van der Waals surface area contributed by atoms with Crippen molar-refractivity contribution >= 4 is 17.6 Å². The van der Waals surface area contributed by atoms with Crippen LogP contribution in [0.25, 0.3) is 11.4 Å². The lowest BCUT2D eigenvalue weighted by molar-refractivity contribution is -0.145. The molecule has 24 heavy (non-hydrogen) atoms. The van der Waals surface area contributed by atoms with Gasteiger partial charge in [-0.15, -0.1) is 5.10 Å². The first kappa shape index (κ1) is 16.0. The van der Waals surface area contributed by atoms with Crippen molar-refractivity contribution in [1.29, 1.82) is 0 Å². The maximum Gasteiger partial charge on any atom is 0.356 e. The van der Waals surface area contributed by atoms with Crippen LogP contribution in [0, 0.1) is 5.92 Å². The van der Waals surface area contributed by atoms with Gasteiger partial charge in [-0.25, -0.2) is 18.3 Å². The number of carbonyl (C=O) groups excluding carboxylic acids is 1. The molecule has 0 spiro atoms. The van der Waals surface area contributed by atoms with Crippen molar-refractivity contribution in [3.63, 3.8) is 0 Å². The number of amides is 1. The monoisotopic (exact) mass is 337 g/mol. The van der Waals surface area contributed by atoms with E-state index >= 15 is 0 Å². The van der Waals surface area contributed by atoms with Crippen LogP contribution >= 0.6 is 0 Å². The van der Waals surface area contributed by atoms with Crippen LogP contribution in [0.3, 0.4) is 0 Å². The molecule has 0 saturated heterocycles. The number of pyridine rings is 1. The fraction of sp³-hybridized carbons (Fsp3) is 0.357. The lowest BCUT2D eigenvalue weighted by Gasteiger charge is -2.33. The van der Waals surface area contributed by atoms with Gasteiger partial charge in [0.25, 0.3) is 0 Å². The molecular formula is C14H13F2N5O3. The number of carboxylic acid groups (broad SMARTS) is 1. The Kier molecular flexibility index (Phi) is 3.74. The van der Waals surface area contributed by atoms with E-state index in [1.165, 1.54) is 25.4 Å². The summed E-state index contributed by atoms with van der Waals surface area (Å²) in [4.78, 5) is 27.1. The Morgan fingerprint density at radius 3 is 2.62 bits per heavy atom. The van der Waals surface area contributed by atoms with Gasteiger partial charge in [0, 0.05) is 25.8 Å². The maximum atomic E-state index is 12.8. The number of alkyl halides is 2. The molecule has 1 amide bonds. The summed E-state index contributed by atoms with van der Waals surface area (Å²) in [6.07, 6.45) is 0.405. The number of hydrogen-bond acceptors (Lipinski definition) is 5. The minimum Gasteiger partial charge on any atom is -0.476 e. The van der Waals surface area contributed by atoms with Gasteiger partial charge in [0.15, 0.2) is 5.69 Å². The Bertz CT molecular complexity index is 795. The highest BCUT2D eigenvalue weighted by Crippen LogP contribution is 2.42. The quantitative estimate of drug-likeness (QED) is 0.876. The van der Waals surface area contributed by atoms with Gasteiger partial charge in [0.1, 0.15) is 5.69 Å². The van der Waals surface area contributed by atoms with Crippen LogP contribution in [-0.4, -0.2) is 42.9 Å². The number of nitrogens with zero attached hydrogens (tertiary/aromatic N) is 4. The highest BCUT2D eigenvalue weighted by atomic mass is 19.3. The number of halogens is 2. The second kappa shape index (κ2) is 5.62. The minimum atomic E-state index is -2.76. The molecule has 10 heteroatoms. The van der Waals surface area contributed by atoms with Crippen molar-refractivity contribution in [3.05, 3.63) is 24.0 Å². The van der Waals surface area contributed by atoms with Crippen molar-refractivity contribution < 1.29 is 23.5 Å². The normalized spacial score (nSPS) is 16.5. The first-order valence-corrected chi connectivity index (χ1v) is 7.05. The number of aromatic carboxylic acids is 1. The third kappa shape index (κ3) is 2.94. The molecule has 0 aromatic carbocycles. The second-order valence-corrected chi connectivity index (χ2v) is 5.60. The number of carboxylic acids is 1. The summed E-state index contributed by atoms with van der Waals surface area (Å²) < 4.78 is 26.7. The molecule has 3 rings (SSSR count). The largest absolute Gasteiger partial charge is 0.476 e. The number of anilines is 1. The van der Waals surface area contributed by atoms with Crippen LogP contribution < -0.4 is 5.32 Å². The molecule has 8 nitrogen and oxygen atoms in total. The van der Waals surface area contributed by atoms with E-state index in [4.69, 9.17) is 5.11 Å². The van der Waals surface area contributed by atoms with Gasteiger partial charge >= 0.3 is 5.97 Å². The number of rotatable bonds is 4. The van der Waals surface area contributed by atoms with Gasteiger partial charge in [-0.05, 0) is 12.1 Å². The lowest BCUT2D eigenvalue weighted by Crippen LogP contribution is -2.42. The number of aryl methyl sites for hydroxylation is 1. The van der Waals surface area contributed by atoms with Gasteiger partial charge in [0.2, 0.25) is 11.8 Å². The predicted molar refractivity (Wildman–Crippen MR) is 77.5 cm³/mol. The molecule has 2 aromatic heterocycles. The smallest absolute Gasteiger partial charge is 0.356 e. The molecule has 0 aliphatic heterocycles. The second-order valence-electron chi connectivity index (χ2n) is 5.60. The molecule has 1 fully saturated rings. The van der Waals surface area contributed by atoms with Crippen LogP contribution in [0.5, 0.6) is 0 Å². The average Bonchev–Trinajstić information content (AvgIpc) is 2.87. The predicted octanol–water partition coefficient (Wildman–Crippen LogP) is 1.56. The molecule has 0 radical (unpaired) electrons. The molecule has 0 atom stereocenters. The van der Waals surface area contributed by atoms with Gasteiger partial charge in [-0.3, -0.25) is 9.78 Å². The summed E-state index contributed by atoms with van der Waals surface area (Å²) in [5.41, 5.74) is 0.589. The summed E-state index contributed by atoms with van der Waals surface area (Å²) in [6.45, 7) is 0. The molecule has 1 saturated carbocycles. The first-order chi connectivity index (χ1) is 11.3. The topological polar surface area (TPSA) is 110 Å². The highest BCUT2D eigenvalue weighted by Gasteiger charge is 2.48. The molecule has 1 aliphatic carbocycles. The third-order valence-corrected chi connectivity index (χ3v) is 3.76. The van der Waals surface area contributed by atoms with Crippen molar-refractivity contribution in [1.82, 2.24) is 20.0 Å². The van der Waals surface area contributed by atoms with Crippen LogP contribution in [0.1, 0.15) is 23.3 Å². The van der Waals surface area contributed by atoms with Crippen LogP contribution in [0.2, 0.25) is 0 Å². The van der Waals surface area contributed by atoms with Gasteiger partial charge in [-0.2, -0.15) is 0 Å². The Hall–Kier alpha value is -2.91. The molecule has 1 aliphatic rings. The zero-order chi connectivity index (χ0) is 17.5. The molecular weight excluding hydrogens is 324 g/mol. The molecule has 0 unspecified atom stereocenters. The van der Waals surface area contributed by atoms with Crippen LogP contribution in [0.4, 0.5) is 14.5 Å².